The number of ether oxygens (including phenoxy) is 1. The first-order valence-electron chi connectivity index (χ1n) is 7.19. The van der Waals surface area contributed by atoms with Crippen LogP contribution in [0.4, 0.5) is 13.2 Å². The zero-order valence-corrected chi connectivity index (χ0v) is 12.7. The number of aliphatic hydroxyl groups is 1. The molecule has 0 aliphatic carbocycles. The van der Waals surface area contributed by atoms with Gasteiger partial charge >= 0.3 is 0 Å². The maximum atomic E-state index is 13.3. The number of hydrogen-bond acceptors (Lipinski definition) is 3. The molecule has 1 atom stereocenters. The highest BCUT2D eigenvalue weighted by molar-refractivity contribution is 5.25. The van der Waals surface area contributed by atoms with Crippen molar-refractivity contribution in [3.63, 3.8) is 0 Å². The van der Waals surface area contributed by atoms with Crippen LogP contribution in [0.25, 0.3) is 0 Å². The first-order valence-corrected chi connectivity index (χ1v) is 7.19. The summed E-state index contributed by atoms with van der Waals surface area (Å²) in [4.78, 5) is 0. The van der Waals surface area contributed by atoms with E-state index < -0.39 is 17.5 Å². The smallest absolute Gasteiger partial charge is 0.162 e. The van der Waals surface area contributed by atoms with Crippen molar-refractivity contribution in [3.8, 4) is 5.75 Å². The van der Waals surface area contributed by atoms with Gasteiger partial charge in [0.25, 0.3) is 0 Å². The van der Waals surface area contributed by atoms with Crippen LogP contribution in [0.3, 0.4) is 0 Å². The summed E-state index contributed by atoms with van der Waals surface area (Å²) in [5.41, 5.74) is 1.07. The second kappa shape index (κ2) is 7.99. The molecule has 2 aromatic carbocycles. The molecule has 0 saturated carbocycles. The van der Waals surface area contributed by atoms with E-state index in [1.807, 2.05) is 6.92 Å². The lowest BCUT2D eigenvalue weighted by Crippen LogP contribution is -2.31. The van der Waals surface area contributed by atoms with Crippen LogP contribution in [0.2, 0.25) is 0 Å². The van der Waals surface area contributed by atoms with E-state index in [9.17, 15) is 13.2 Å². The lowest BCUT2D eigenvalue weighted by Gasteiger charge is -2.15. The number of benzene rings is 2. The minimum absolute atomic E-state index is 0.0641. The average molecular weight is 325 g/mol. The summed E-state index contributed by atoms with van der Waals surface area (Å²) < 4.78 is 44.5. The molecule has 2 aromatic rings. The van der Waals surface area contributed by atoms with Gasteiger partial charge in [-0.2, -0.15) is 0 Å². The SMILES string of the molecule is CC(COc1ccc(F)c(F)c1)NCc1ccc(F)c(CO)c1. The average Bonchev–Trinajstić information content (AvgIpc) is 2.55. The molecule has 3 nitrogen and oxygen atoms in total. The Labute approximate surface area is 132 Å². The molecule has 0 saturated heterocycles. The van der Waals surface area contributed by atoms with Crippen LogP contribution >= 0.6 is 0 Å². The van der Waals surface area contributed by atoms with Crippen molar-refractivity contribution in [2.45, 2.75) is 26.1 Å². The van der Waals surface area contributed by atoms with Crippen molar-refractivity contribution in [1.29, 1.82) is 0 Å². The standard InChI is InChI=1S/C17H18F3NO2/c1-11(10-23-14-3-5-16(19)17(20)7-14)21-8-12-2-4-15(18)13(6-12)9-22/h2-7,11,21-22H,8-10H2,1H3. The molecular formula is C17H18F3NO2. The van der Waals surface area contributed by atoms with Gasteiger partial charge in [-0.05, 0) is 36.8 Å². The first-order chi connectivity index (χ1) is 11.0. The van der Waals surface area contributed by atoms with E-state index in [1.165, 1.54) is 12.1 Å². The molecule has 2 rings (SSSR count). The molecule has 0 fully saturated rings. The fraction of sp³-hybridized carbons (Fsp3) is 0.294. The predicted octanol–water partition coefficient (Wildman–Crippen LogP) is 3.15. The first kappa shape index (κ1) is 17.3. The lowest BCUT2D eigenvalue weighted by atomic mass is 10.1. The van der Waals surface area contributed by atoms with Crippen LogP contribution < -0.4 is 10.1 Å². The highest BCUT2D eigenvalue weighted by atomic mass is 19.2. The second-order valence-corrected chi connectivity index (χ2v) is 5.25. The van der Waals surface area contributed by atoms with Gasteiger partial charge in [-0.3, -0.25) is 0 Å². The number of halogens is 3. The van der Waals surface area contributed by atoms with E-state index in [4.69, 9.17) is 9.84 Å². The minimum Gasteiger partial charge on any atom is -0.492 e. The van der Waals surface area contributed by atoms with Gasteiger partial charge in [0.2, 0.25) is 0 Å². The minimum atomic E-state index is -0.953. The molecule has 0 spiro atoms. The van der Waals surface area contributed by atoms with E-state index in [0.29, 0.717) is 6.54 Å². The van der Waals surface area contributed by atoms with E-state index in [0.717, 1.165) is 17.7 Å². The van der Waals surface area contributed by atoms with Gasteiger partial charge in [-0.15, -0.1) is 0 Å². The third kappa shape index (κ3) is 4.97. The Bertz CT molecular complexity index is 664. The maximum absolute atomic E-state index is 13.3. The Morgan fingerprint density at radius 3 is 2.48 bits per heavy atom. The fourth-order valence-corrected chi connectivity index (χ4v) is 2.00. The van der Waals surface area contributed by atoms with Crippen LogP contribution in [0.5, 0.6) is 5.75 Å². The highest BCUT2D eigenvalue weighted by Gasteiger charge is 2.07. The zero-order valence-electron chi connectivity index (χ0n) is 12.7. The molecule has 6 heteroatoms. The molecule has 0 aliphatic heterocycles. The highest BCUT2D eigenvalue weighted by Crippen LogP contribution is 2.15. The van der Waals surface area contributed by atoms with Crippen LogP contribution in [-0.2, 0) is 13.2 Å². The molecule has 2 N–H and O–H groups in total. The quantitative estimate of drug-likeness (QED) is 0.822. The van der Waals surface area contributed by atoms with Gasteiger partial charge in [0.05, 0.1) is 6.61 Å². The Morgan fingerprint density at radius 1 is 1.04 bits per heavy atom. The Hall–Kier alpha value is -2.05. The van der Waals surface area contributed by atoms with Gasteiger partial charge in [0.15, 0.2) is 11.6 Å². The van der Waals surface area contributed by atoms with Crippen molar-refractivity contribution in [1.82, 2.24) is 5.32 Å². The largest absolute Gasteiger partial charge is 0.492 e. The molecule has 0 amide bonds. The van der Waals surface area contributed by atoms with Crippen LogP contribution in [0.1, 0.15) is 18.1 Å². The molecule has 0 aliphatic rings. The monoisotopic (exact) mass is 325 g/mol. The Morgan fingerprint density at radius 2 is 1.78 bits per heavy atom. The van der Waals surface area contributed by atoms with Crippen molar-refractivity contribution in [3.05, 3.63) is 65.0 Å². The van der Waals surface area contributed by atoms with Crippen molar-refractivity contribution >= 4 is 0 Å². The molecule has 0 aromatic heterocycles. The summed E-state index contributed by atoms with van der Waals surface area (Å²) in [5.74, 6) is -2.06. The molecular weight excluding hydrogens is 307 g/mol. The van der Waals surface area contributed by atoms with Gasteiger partial charge < -0.3 is 15.2 Å². The van der Waals surface area contributed by atoms with Crippen LogP contribution in [0, 0.1) is 17.5 Å². The number of nitrogens with one attached hydrogen (secondary N) is 1. The van der Waals surface area contributed by atoms with Crippen molar-refractivity contribution < 1.29 is 23.0 Å². The van der Waals surface area contributed by atoms with E-state index in [-0.39, 0.29) is 30.6 Å². The molecule has 1 unspecified atom stereocenters. The van der Waals surface area contributed by atoms with Crippen molar-refractivity contribution in [2.24, 2.45) is 0 Å². The summed E-state index contributed by atoms with van der Waals surface area (Å²) in [6.45, 7) is 2.25. The molecule has 124 valence electrons. The second-order valence-electron chi connectivity index (χ2n) is 5.25. The summed E-state index contributed by atoms with van der Waals surface area (Å²) >= 11 is 0. The van der Waals surface area contributed by atoms with Crippen LogP contribution in [-0.4, -0.2) is 17.8 Å². The Kier molecular flexibility index (Phi) is 6.01. The van der Waals surface area contributed by atoms with Gasteiger partial charge in [0, 0.05) is 24.2 Å². The number of aliphatic hydroxyl groups excluding tert-OH is 1. The van der Waals surface area contributed by atoms with Gasteiger partial charge in [-0.1, -0.05) is 6.07 Å². The van der Waals surface area contributed by atoms with E-state index >= 15 is 0 Å². The number of rotatable bonds is 7. The Balaban J connectivity index is 1.83. The topological polar surface area (TPSA) is 41.5 Å². The van der Waals surface area contributed by atoms with Gasteiger partial charge in [-0.25, -0.2) is 13.2 Å². The zero-order chi connectivity index (χ0) is 16.8. The molecule has 23 heavy (non-hydrogen) atoms. The van der Waals surface area contributed by atoms with Crippen LogP contribution in [0.15, 0.2) is 36.4 Å². The van der Waals surface area contributed by atoms with Crippen molar-refractivity contribution in [2.75, 3.05) is 6.61 Å². The third-order valence-electron chi connectivity index (χ3n) is 3.33. The predicted molar refractivity (Wildman–Crippen MR) is 80.5 cm³/mol. The normalized spacial score (nSPS) is 12.2. The maximum Gasteiger partial charge on any atom is 0.162 e. The molecule has 0 radical (unpaired) electrons. The summed E-state index contributed by atoms with van der Waals surface area (Å²) in [6.07, 6.45) is 0. The molecule has 0 heterocycles. The van der Waals surface area contributed by atoms with Gasteiger partial charge in [0.1, 0.15) is 18.2 Å². The third-order valence-corrected chi connectivity index (χ3v) is 3.33. The fourth-order valence-electron chi connectivity index (χ4n) is 2.00. The number of hydrogen-bond donors (Lipinski definition) is 2. The molecule has 0 bridgehead atoms. The summed E-state index contributed by atoms with van der Waals surface area (Å²) in [6, 6.07) is 7.83. The summed E-state index contributed by atoms with van der Waals surface area (Å²) in [5, 5.41) is 12.2. The van der Waals surface area contributed by atoms with E-state index in [1.54, 1.807) is 12.1 Å². The lowest BCUT2D eigenvalue weighted by molar-refractivity contribution is 0.270. The van der Waals surface area contributed by atoms with E-state index in [2.05, 4.69) is 5.32 Å². The summed E-state index contributed by atoms with van der Waals surface area (Å²) in [7, 11) is 0.